The van der Waals surface area contributed by atoms with E-state index in [1.165, 1.54) is 83.5 Å². The van der Waals surface area contributed by atoms with Gasteiger partial charge in [-0.15, -0.1) is 0 Å². The van der Waals surface area contributed by atoms with Crippen LogP contribution in [0.4, 0.5) is 0 Å². The number of carbonyl (C=O) groups is 2. The quantitative estimate of drug-likeness (QED) is 0.110. The second kappa shape index (κ2) is 20.4. The third kappa shape index (κ3) is 17.5. The van der Waals surface area contributed by atoms with Crippen molar-refractivity contribution >= 4 is 22.6 Å². The van der Waals surface area contributed by atoms with E-state index in [0.717, 1.165) is 25.7 Å². The second-order valence-corrected chi connectivity index (χ2v) is 8.54. The summed E-state index contributed by atoms with van der Waals surface area (Å²) < 4.78 is 0. The molecule has 3 heteroatoms. The first-order valence-corrected chi connectivity index (χ1v) is 12.2. The SMILES string of the molecule is CCCCCCCCCCCC(=O)C(CCCCCCCCCC)C(=O)Cl. The van der Waals surface area contributed by atoms with E-state index >= 15 is 0 Å². The number of unbranched alkanes of at least 4 members (excludes halogenated alkanes) is 15. The van der Waals surface area contributed by atoms with Crippen molar-refractivity contribution in [2.24, 2.45) is 5.92 Å². The number of Topliss-reactive ketones (excluding diaryl/α,β-unsaturated/α-hetero) is 1. The van der Waals surface area contributed by atoms with Gasteiger partial charge in [-0.05, 0) is 24.4 Å². The molecule has 0 aromatic carbocycles. The molecule has 160 valence electrons. The summed E-state index contributed by atoms with van der Waals surface area (Å²) >= 11 is 5.70. The minimum Gasteiger partial charge on any atom is -0.299 e. The lowest BCUT2D eigenvalue weighted by Gasteiger charge is -2.11. The van der Waals surface area contributed by atoms with Gasteiger partial charge in [0, 0.05) is 6.42 Å². The molecule has 0 aromatic heterocycles. The lowest BCUT2D eigenvalue weighted by atomic mass is 9.94. The van der Waals surface area contributed by atoms with Gasteiger partial charge in [0.1, 0.15) is 5.78 Å². The molecule has 0 amide bonds. The van der Waals surface area contributed by atoms with Gasteiger partial charge in [0.15, 0.2) is 0 Å². The summed E-state index contributed by atoms with van der Waals surface area (Å²) in [5, 5.41) is -0.445. The van der Waals surface area contributed by atoms with Crippen LogP contribution >= 0.6 is 11.6 Å². The molecule has 0 aliphatic heterocycles. The highest BCUT2D eigenvalue weighted by Gasteiger charge is 2.23. The van der Waals surface area contributed by atoms with E-state index < -0.39 is 11.2 Å². The van der Waals surface area contributed by atoms with E-state index in [9.17, 15) is 9.59 Å². The molecule has 0 radical (unpaired) electrons. The molecule has 27 heavy (non-hydrogen) atoms. The molecule has 1 unspecified atom stereocenters. The Morgan fingerprint density at radius 3 is 1.37 bits per heavy atom. The van der Waals surface area contributed by atoms with Crippen molar-refractivity contribution in [3.63, 3.8) is 0 Å². The number of hydrogen-bond acceptors (Lipinski definition) is 2. The van der Waals surface area contributed by atoms with E-state index in [4.69, 9.17) is 11.6 Å². The summed E-state index contributed by atoms with van der Waals surface area (Å²) in [4.78, 5) is 24.0. The van der Waals surface area contributed by atoms with E-state index in [1.807, 2.05) is 0 Å². The molecule has 0 spiro atoms. The molecule has 0 N–H and O–H groups in total. The summed E-state index contributed by atoms with van der Waals surface area (Å²) in [5.74, 6) is -0.485. The van der Waals surface area contributed by atoms with E-state index in [2.05, 4.69) is 13.8 Å². The zero-order valence-corrected chi connectivity index (χ0v) is 19.0. The van der Waals surface area contributed by atoms with Crippen molar-refractivity contribution in [3.05, 3.63) is 0 Å². The molecule has 0 fully saturated rings. The molecule has 0 bridgehead atoms. The van der Waals surface area contributed by atoms with Gasteiger partial charge in [0.05, 0.1) is 5.92 Å². The fourth-order valence-electron chi connectivity index (χ4n) is 3.67. The average molecular weight is 401 g/mol. The first kappa shape index (κ1) is 26.6. The molecule has 0 saturated carbocycles. The maximum atomic E-state index is 12.3. The zero-order chi connectivity index (χ0) is 20.2. The Kier molecular flexibility index (Phi) is 20.1. The Balaban J connectivity index is 3.69. The van der Waals surface area contributed by atoms with Gasteiger partial charge in [-0.1, -0.05) is 117 Å². The third-order valence-corrected chi connectivity index (χ3v) is 5.80. The Morgan fingerprint density at radius 1 is 0.593 bits per heavy atom. The van der Waals surface area contributed by atoms with Gasteiger partial charge in [-0.3, -0.25) is 9.59 Å². The predicted octanol–water partition coefficient (Wildman–Crippen LogP) is 8.39. The van der Waals surface area contributed by atoms with Crippen LogP contribution in [0.25, 0.3) is 0 Å². The number of ketones is 1. The Bertz CT molecular complexity index is 354. The summed E-state index contributed by atoms with van der Waals surface area (Å²) in [7, 11) is 0. The highest BCUT2D eigenvalue weighted by atomic mass is 35.5. The van der Waals surface area contributed by atoms with Crippen LogP contribution in [0.3, 0.4) is 0 Å². The first-order valence-electron chi connectivity index (χ1n) is 11.9. The molecule has 2 nitrogen and oxygen atoms in total. The van der Waals surface area contributed by atoms with Crippen molar-refractivity contribution in [3.8, 4) is 0 Å². The van der Waals surface area contributed by atoms with E-state index in [0.29, 0.717) is 12.8 Å². The average Bonchev–Trinajstić information content (AvgIpc) is 2.65. The minimum absolute atomic E-state index is 0.0703. The van der Waals surface area contributed by atoms with Gasteiger partial charge in [0.2, 0.25) is 5.24 Å². The normalized spacial score (nSPS) is 12.3. The van der Waals surface area contributed by atoms with Crippen LogP contribution in [0.2, 0.25) is 0 Å². The molecule has 0 saturated heterocycles. The van der Waals surface area contributed by atoms with Crippen molar-refractivity contribution < 1.29 is 9.59 Å². The van der Waals surface area contributed by atoms with Crippen LogP contribution in [-0.4, -0.2) is 11.0 Å². The fourth-order valence-corrected chi connectivity index (χ4v) is 3.90. The second-order valence-electron chi connectivity index (χ2n) is 8.16. The summed E-state index contributed by atoms with van der Waals surface area (Å²) in [6, 6.07) is 0. The summed E-state index contributed by atoms with van der Waals surface area (Å²) in [6.07, 6.45) is 22.1. The Hall–Kier alpha value is -0.370. The standard InChI is InChI=1S/C24H45ClO2/c1-3-5-7-9-11-13-15-17-19-21-23(26)22(24(25)27)20-18-16-14-12-10-8-6-4-2/h22H,3-21H2,1-2H3. The van der Waals surface area contributed by atoms with Crippen molar-refractivity contribution in [1.29, 1.82) is 0 Å². The van der Waals surface area contributed by atoms with Crippen LogP contribution in [0.5, 0.6) is 0 Å². The topological polar surface area (TPSA) is 34.1 Å². The molecule has 0 heterocycles. The van der Waals surface area contributed by atoms with Gasteiger partial charge in [-0.2, -0.15) is 0 Å². The van der Waals surface area contributed by atoms with Crippen LogP contribution in [0.1, 0.15) is 136 Å². The fraction of sp³-hybridized carbons (Fsp3) is 0.917. The van der Waals surface area contributed by atoms with Crippen molar-refractivity contribution in [2.45, 2.75) is 136 Å². The lowest BCUT2D eigenvalue weighted by Crippen LogP contribution is -2.20. The molecule has 1 atom stereocenters. The van der Waals surface area contributed by atoms with Crippen LogP contribution < -0.4 is 0 Å². The smallest absolute Gasteiger partial charge is 0.232 e. The summed E-state index contributed by atoms with van der Waals surface area (Å²) in [5.41, 5.74) is 0. The van der Waals surface area contributed by atoms with E-state index in [-0.39, 0.29) is 5.78 Å². The Morgan fingerprint density at radius 2 is 0.963 bits per heavy atom. The van der Waals surface area contributed by atoms with Gasteiger partial charge in [-0.25, -0.2) is 0 Å². The largest absolute Gasteiger partial charge is 0.299 e. The molecule has 0 aliphatic carbocycles. The van der Waals surface area contributed by atoms with Crippen LogP contribution in [0.15, 0.2) is 0 Å². The minimum atomic E-state index is -0.555. The lowest BCUT2D eigenvalue weighted by molar-refractivity contribution is -0.129. The molecule has 0 aromatic rings. The molecule has 0 rings (SSSR count). The number of carbonyl (C=O) groups excluding carboxylic acids is 2. The highest BCUT2D eigenvalue weighted by Crippen LogP contribution is 2.19. The van der Waals surface area contributed by atoms with Gasteiger partial charge in [0.25, 0.3) is 0 Å². The molecular formula is C24H45ClO2. The maximum absolute atomic E-state index is 12.3. The Labute approximate surface area is 174 Å². The maximum Gasteiger partial charge on any atom is 0.232 e. The molecule has 0 aliphatic rings. The first-order chi connectivity index (χ1) is 13.1. The number of rotatable bonds is 21. The summed E-state index contributed by atoms with van der Waals surface area (Å²) in [6.45, 7) is 4.47. The van der Waals surface area contributed by atoms with Crippen LogP contribution in [0, 0.1) is 5.92 Å². The van der Waals surface area contributed by atoms with E-state index in [1.54, 1.807) is 0 Å². The van der Waals surface area contributed by atoms with Crippen LogP contribution in [-0.2, 0) is 9.59 Å². The number of halogens is 1. The highest BCUT2D eigenvalue weighted by molar-refractivity contribution is 6.65. The van der Waals surface area contributed by atoms with Gasteiger partial charge >= 0.3 is 0 Å². The third-order valence-electron chi connectivity index (χ3n) is 5.54. The molecular weight excluding hydrogens is 356 g/mol. The van der Waals surface area contributed by atoms with Crippen molar-refractivity contribution in [2.75, 3.05) is 0 Å². The predicted molar refractivity (Wildman–Crippen MR) is 118 cm³/mol. The van der Waals surface area contributed by atoms with Crippen molar-refractivity contribution in [1.82, 2.24) is 0 Å². The van der Waals surface area contributed by atoms with Gasteiger partial charge < -0.3 is 0 Å². The zero-order valence-electron chi connectivity index (χ0n) is 18.2. The number of hydrogen-bond donors (Lipinski definition) is 0. The monoisotopic (exact) mass is 400 g/mol.